The van der Waals surface area contributed by atoms with Crippen molar-refractivity contribution in [2.75, 3.05) is 0 Å². The lowest BCUT2D eigenvalue weighted by Crippen LogP contribution is -2.56. The van der Waals surface area contributed by atoms with E-state index >= 15 is 4.39 Å². The molecular formula is C21H31FO. The third-order valence-corrected chi connectivity index (χ3v) is 8.46. The fourth-order valence-corrected chi connectivity index (χ4v) is 7.03. The quantitative estimate of drug-likeness (QED) is 0.577. The van der Waals surface area contributed by atoms with Gasteiger partial charge in [0.1, 0.15) is 6.17 Å². The van der Waals surface area contributed by atoms with Gasteiger partial charge in [0.2, 0.25) is 0 Å². The number of halogens is 1. The average molecular weight is 318 g/mol. The molecular weight excluding hydrogens is 287 g/mol. The van der Waals surface area contributed by atoms with Crippen molar-refractivity contribution in [3.05, 3.63) is 11.6 Å². The molecule has 2 heteroatoms. The standard InChI is InChI=1S/C21H31FO/c1-13-4-7-17-16-6-5-14-12-15(23)8-10-20(14,2)18(16)9-11-21(17,3)19(13)22/h12-13,16-19H,4-11H2,1-3H3/t13-,16?,17?,18?,19+,20+,21+/m1/s1. The molecule has 0 bridgehead atoms. The van der Waals surface area contributed by atoms with Gasteiger partial charge in [-0.05, 0) is 80.1 Å². The Morgan fingerprint density at radius 1 is 1.04 bits per heavy atom. The maximum absolute atomic E-state index is 15.1. The summed E-state index contributed by atoms with van der Waals surface area (Å²) in [6, 6.07) is 0. The van der Waals surface area contributed by atoms with Crippen LogP contribution >= 0.6 is 0 Å². The highest BCUT2D eigenvalue weighted by molar-refractivity contribution is 5.91. The topological polar surface area (TPSA) is 17.1 Å². The van der Waals surface area contributed by atoms with Crippen LogP contribution in [-0.4, -0.2) is 12.0 Å². The Bertz CT molecular complexity index is 552. The maximum Gasteiger partial charge on any atom is 0.155 e. The highest BCUT2D eigenvalue weighted by Gasteiger charge is 2.58. The molecule has 3 fully saturated rings. The molecule has 0 radical (unpaired) electrons. The molecule has 0 spiro atoms. The number of hydrogen-bond acceptors (Lipinski definition) is 1. The van der Waals surface area contributed by atoms with E-state index in [9.17, 15) is 4.79 Å². The zero-order chi connectivity index (χ0) is 16.4. The number of ketones is 1. The third kappa shape index (κ3) is 2.12. The minimum atomic E-state index is -0.625. The second kappa shape index (κ2) is 5.17. The summed E-state index contributed by atoms with van der Waals surface area (Å²) in [6.07, 6.45) is 9.81. The minimum absolute atomic E-state index is 0.0963. The van der Waals surface area contributed by atoms with E-state index < -0.39 is 6.17 Å². The van der Waals surface area contributed by atoms with Gasteiger partial charge in [0.25, 0.3) is 0 Å². The summed E-state index contributed by atoms with van der Waals surface area (Å²) in [5, 5.41) is 0. The van der Waals surface area contributed by atoms with Crippen molar-refractivity contribution in [3.63, 3.8) is 0 Å². The Hall–Kier alpha value is -0.660. The molecule has 1 nitrogen and oxygen atoms in total. The van der Waals surface area contributed by atoms with Gasteiger partial charge in [0.05, 0.1) is 0 Å². The Labute approximate surface area is 140 Å². The van der Waals surface area contributed by atoms with Gasteiger partial charge in [0, 0.05) is 11.8 Å². The smallest absolute Gasteiger partial charge is 0.155 e. The molecule has 0 aromatic rings. The number of carbonyl (C=O) groups excluding carboxylic acids is 1. The molecule has 0 aliphatic heterocycles. The molecule has 3 saturated carbocycles. The monoisotopic (exact) mass is 318 g/mol. The SMILES string of the molecule is C[C@@H]1CCC2C3CCC4=CC(=O)CC[C@]4(C)C3CC[C@]2(C)[C@H]1F. The summed E-state index contributed by atoms with van der Waals surface area (Å²) in [5.74, 6) is 2.47. The number of alkyl halides is 1. The minimum Gasteiger partial charge on any atom is -0.295 e. The van der Waals surface area contributed by atoms with Crippen LogP contribution in [0.4, 0.5) is 4.39 Å². The van der Waals surface area contributed by atoms with E-state index in [0.29, 0.717) is 30.0 Å². The van der Waals surface area contributed by atoms with E-state index in [-0.39, 0.29) is 16.7 Å². The van der Waals surface area contributed by atoms with Crippen LogP contribution in [0.2, 0.25) is 0 Å². The fraction of sp³-hybridized carbons (Fsp3) is 0.857. The van der Waals surface area contributed by atoms with Crippen LogP contribution in [0.1, 0.15) is 72.1 Å². The molecule has 3 unspecified atom stereocenters. The largest absolute Gasteiger partial charge is 0.295 e. The van der Waals surface area contributed by atoms with E-state index in [1.807, 2.05) is 6.08 Å². The third-order valence-electron chi connectivity index (χ3n) is 8.46. The van der Waals surface area contributed by atoms with Crippen LogP contribution < -0.4 is 0 Å². The van der Waals surface area contributed by atoms with Gasteiger partial charge in [-0.2, -0.15) is 0 Å². The van der Waals surface area contributed by atoms with Crippen LogP contribution in [0, 0.1) is 34.5 Å². The number of rotatable bonds is 0. The fourth-order valence-electron chi connectivity index (χ4n) is 7.03. The molecule has 23 heavy (non-hydrogen) atoms. The van der Waals surface area contributed by atoms with Crippen LogP contribution in [0.25, 0.3) is 0 Å². The maximum atomic E-state index is 15.1. The summed E-state index contributed by atoms with van der Waals surface area (Å²) in [6.45, 7) is 6.75. The number of fused-ring (bicyclic) bond motifs is 5. The highest BCUT2D eigenvalue weighted by Crippen LogP contribution is 2.65. The van der Waals surface area contributed by atoms with Crippen molar-refractivity contribution in [2.24, 2.45) is 34.5 Å². The van der Waals surface area contributed by atoms with Gasteiger partial charge in [-0.1, -0.05) is 26.3 Å². The van der Waals surface area contributed by atoms with Crippen LogP contribution in [0.3, 0.4) is 0 Å². The normalized spacial score (nSPS) is 53.0. The lowest BCUT2D eigenvalue weighted by molar-refractivity contribution is -0.128. The Morgan fingerprint density at radius 3 is 2.61 bits per heavy atom. The molecule has 0 amide bonds. The number of allylic oxidation sites excluding steroid dienone is 2. The summed E-state index contributed by atoms with van der Waals surface area (Å²) in [4.78, 5) is 11.9. The van der Waals surface area contributed by atoms with Gasteiger partial charge in [0.15, 0.2) is 5.78 Å². The molecule has 0 heterocycles. The molecule has 0 aromatic carbocycles. The second-order valence-electron chi connectivity index (χ2n) is 9.47. The van der Waals surface area contributed by atoms with Crippen molar-refractivity contribution in [1.29, 1.82) is 0 Å². The van der Waals surface area contributed by atoms with E-state index in [2.05, 4.69) is 20.8 Å². The first-order valence-corrected chi connectivity index (χ1v) is 9.74. The van der Waals surface area contributed by atoms with Crippen molar-refractivity contribution >= 4 is 5.78 Å². The Kier molecular flexibility index (Phi) is 3.56. The van der Waals surface area contributed by atoms with Crippen LogP contribution in [0.15, 0.2) is 11.6 Å². The van der Waals surface area contributed by atoms with Crippen molar-refractivity contribution in [1.82, 2.24) is 0 Å². The molecule has 128 valence electrons. The molecule has 4 rings (SSSR count). The zero-order valence-electron chi connectivity index (χ0n) is 14.9. The molecule has 0 N–H and O–H groups in total. The summed E-state index contributed by atoms with van der Waals surface area (Å²) >= 11 is 0. The summed E-state index contributed by atoms with van der Waals surface area (Å²) in [5.41, 5.74) is 1.54. The zero-order valence-corrected chi connectivity index (χ0v) is 14.9. The van der Waals surface area contributed by atoms with E-state index in [0.717, 1.165) is 32.1 Å². The molecule has 0 aromatic heterocycles. The van der Waals surface area contributed by atoms with E-state index in [1.165, 1.54) is 18.4 Å². The second-order valence-corrected chi connectivity index (χ2v) is 9.47. The molecule has 4 aliphatic carbocycles. The number of hydrogen-bond donors (Lipinski definition) is 0. The van der Waals surface area contributed by atoms with Crippen LogP contribution in [-0.2, 0) is 4.79 Å². The first-order chi connectivity index (χ1) is 10.9. The summed E-state index contributed by atoms with van der Waals surface area (Å²) in [7, 11) is 0. The van der Waals surface area contributed by atoms with E-state index in [1.54, 1.807) is 0 Å². The van der Waals surface area contributed by atoms with Crippen LogP contribution in [0.5, 0.6) is 0 Å². The first-order valence-electron chi connectivity index (χ1n) is 9.74. The molecule has 0 saturated heterocycles. The van der Waals surface area contributed by atoms with Crippen molar-refractivity contribution in [3.8, 4) is 0 Å². The molecule has 7 atom stereocenters. The Balaban J connectivity index is 1.67. The van der Waals surface area contributed by atoms with Gasteiger partial charge in [-0.25, -0.2) is 4.39 Å². The average Bonchev–Trinajstić information content (AvgIpc) is 2.52. The van der Waals surface area contributed by atoms with Gasteiger partial charge in [-0.3, -0.25) is 4.79 Å². The van der Waals surface area contributed by atoms with Gasteiger partial charge < -0.3 is 0 Å². The molecule has 4 aliphatic rings. The first kappa shape index (κ1) is 15.8. The lowest BCUT2D eigenvalue weighted by atomic mass is 9.44. The Morgan fingerprint density at radius 2 is 1.83 bits per heavy atom. The predicted octanol–water partition coefficient (Wildman–Crippen LogP) is 5.49. The highest BCUT2D eigenvalue weighted by atomic mass is 19.1. The van der Waals surface area contributed by atoms with Gasteiger partial charge >= 0.3 is 0 Å². The summed E-state index contributed by atoms with van der Waals surface area (Å²) < 4.78 is 15.1. The predicted molar refractivity (Wildman–Crippen MR) is 90.8 cm³/mol. The number of carbonyl (C=O) groups is 1. The van der Waals surface area contributed by atoms with Crippen molar-refractivity contribution < 1.29 is 9.18 Å². The van der Waals surface area contributed by atoms with Gasteiger partial charge in [-0.15, -0.1) is 0 Å². The van der Waals surface area contributed by atoms with Crippen molar-refractivity contribution in [2.45, 2.75) is 78.3 Å². The van der Waals surface area contributed by atoms with E-state index in [4.69, 9.17) is 0 Å². The lowest BCUT2D eigenvalue weighted by Gasteiger charge is -2.61.